The lowest BCUT2D eigenvalue weighted by molar-refractivity contribution is -0.128. The number of hydrogen-bond acceptors (Lipinski definition) is 6. The summed E-state index contributed by atoms with van der Waals surface area (Å²) >= 11 is 6.17. The molecule has 0 N–H and O–H groups in total. The first-order chi connectivity index (χ1) is 20.5. The van der Waals surface area contributed by atoms with Crippen molar-refractivity contribution >= 4 is 45.4 Å². The van der Waals surface area contributed by atoms with Gasteiger partial charge in [-0.15, -0.1) is 0 Å². The molecular formula is C35H23ClO6. The molecule has 0 radical (unpaired) electrons. The first-order valence-corrected chi connectivity index (χ1v) is 13.5. The van der Waals surface area contributed by atoms with Crippen LogP contribution in [0.1, 0.15) is 11.1 Å². The molecule has 0 saturated carbocycles. The fourth-order valence-electron chi connectivity index (χ4n) is 4.35. The second-order valence-corrected chi connectivity index (χ2v) is 9.81. The molecule has 0 saturated heterocycles. The van der Waals surface area contributed by atoms with Gasteiger partial charge in [-0.2, -0.15) is 0 Å². The van der Waals surface area contributed by atoms with Crippen LogP contribution in [0.2, 0.25) is 5.02 Å². The van der Waals surface area contributed by atoms with Crippen LogP contribution in [0, 0.1) is 0 Å². The highest BCUT2D eigenvalue weighted by molar-refractivity contribution is 6.31. The van der Waals surface area contributed by atoms with Crippen molar-refractivity contribution in [3.63, 3.8) is 0 Å². The maximum absolute atomic E-state index is 13.0. The van der Waals surface area contributed by atoms with E-state index < -0.39 is 5.97 Å². The molecule has 0 bridgehead atoms. The van der Waals surface area contributed by atoms with E-state index >= 15 is 0 Å². The summed E-state index contributed by atoms with van der Waals surface area (Å²) in [5, 5.41) is 3.03. The molecule has 0 atom stereocenters. The number of esters is 1. The summed E-state index contributed by atoms with van der Waals surface area (Å²) in [6.07, 6.45) is 4.21. The molecule has 0 amide bonds. The zero-order valence-electron chi connectivity index (χ0n) is 22.2. The lowest BCUT2D eigenvalue weighted by atomic mass is 10.1. The van der Waals surface area contributed by atoms with E-state index in [-0.39, 0.29) is 22.5 Å². The van der Waals surface area contributed by atoms with Gasteiger partial charge >= 0.3 is 5.97 Å². The minimum absolute atomic E-state index is 0.0609. The van der Waals surface area contributed by atoms with Crippen LogP contribution in [-0.4, -0.2) is 5.97 Å². The van der Waals surface area contributed by atoms with Gasteiger partial charge in [0.1, 0.15) is 35.7 Å². The molecular weight excluding hydrogens is 552 g/mol. The number of rotatable bonds is 8. The third-order valence-corrected chi connectivity index (χ3v) is 6.89. The van der Waals surface area contributed by atoms with E-state index in [0.29, 0.717) is 28.5 Å². The van der Waals surface area contributed by atoms with Crippen molar-refractivity contribution in [1.82, 2.24) is 0 Å². The molecule has 6 rings (SSSR count). The number of ether oxygens (including phenoxy) is 3. The number of halogens is 1. The van der Waals surface area contributed by atoms with Crippen LogP contribution >= 0.6 is 11.6 Å². The fourth-order valence-corrected chi connectivity index (χ4v) is 4.54. The smallest absolute Gasteiger partial charge is 0.336 e. The summed E-state index contributed by atoms with van der Waals surface area (Å²) in [5.41, 5.74) is 1.63. The highest BCUT2D eigenvalue weighted by atomic mass is 35.5. The zero-order valence-corrected chi connectivity index (χ0v) is 22.9. The van der Waals surface area contributed by atoms with E-state index in [1.165, 1.54) is 24.5 Å². The summed E-state index contributed by atoms with van der Waals surface area (Å²) in [6.45, 7) is 0.353. The molecule has 42 heavy (non-hydrogen) atoms. The molecule has 5 aromatic carbocycles. The molecule has 0 aliphatic carbocycles. The van der Waals surface area contributed by atoms with Gasteiger partial charge in [0, 0.05) is 22.7 Å². The van der Waals surface area contributed by atoms with E-state index in [1.54, 1.807) is 18.2 Å². The Morgan fingerprint density at radius 3 is 2.36 bits per heavy atom. The number of hydrogen-bond donors (Lipinski definition) is 0. The quantitative estimate of drug-likeness (QED) is 0.103. The van der Waals surface area contributed by atoms with Gasteiger partial charge in [0.25, 0.3) is 0 Å². The first kappa shape index (κ1) is 26.9. The molecule has 0 fully saturated rings. The Morgan fingerprint density at radius 1 is 0.786 bits per heavy atom. The predicted molar refractivity (Wildman–Crippen MR) is 163 cm³/mol. The Bertz CT molecular complexity index is 1990. The summed E-state index contributed by atoms with van der Waals surface area (Å²) in [7, 11) is 0. The normalized spacial score (nSPS) is 11.2. The van der Waals surface area contributed by atoms with Crippen LogP contribution < -0.4 is 19.6 Å². The Labute approximate surface area is 246 Å². The average Bonchev–Trinajstić information content (AvgIpc) is 3.01. The Hall–Kier alpha value is -5.33. The Balaban J connectivity index is 1.08. The topological polar surface area (TPSA) is 75.0 Å². The Morgan fingerprint density at radius 2 is 1.52 bits per heavy atom. The highest BCUT2D eigenvalue weighted by Crippen LogP contribution is 2.27. The lowest BCUT2D eigenvalue weighted by Crippen LogP contribution is -2.06. The van der Waals surface area contributed by atoms with Crippen LogP contribution in [0.5, 0.6) is 23.0 Å². The minimum atomic E-state index is -0.577. The van der Waals surface area contributed by atoms with Crippen LogP contribution in [-0.2, 0) is 11.4 Å². The summed E-state index contributed by atoms with van der Waals surface area (Å²) in [6, 6.07) is 32.8. The van der Waals surface area contributed by atoms with Gasteiger partial charge in [0.05, 0.1) is 5.39 Å². The SMILES string of the molecule is O=C(C=Cc1ccc(OCc2ccccc2Cl)cc1)Oc1ccc2c(=O)c(Oc3ccc4ccccc4c3)coc2c1. The van der Waals surface area contributed by atoms with Crippen molar-refractivity contribution in [2.24, 2.45) is 0 Å². The second kappa shape index (κ2) is 12.0. The van der Waals surface area contributed by atoms with Crippen LogP contribution in [0.25, 0.3) is 27.8 Å². The molecule has 0 aliphatic heterocycles. The first-order valence-electron chi connectivity index (χ1n) is 13.1. The van der Waals surface area contributed by atoms with Gasteiger partial charge in [-0.25, -0.2) is 4.79 Å². The monoisotopic (exact) mass is 574 g/mol. The standard InChI is InChI=1S/C35H23ClO6/c36-31-8-4-3-7-26(31)21-39-27-13-9-23(10-14-27)11-18-34(37)42-29-16-17-30-32(20-29)40-22-33(35(30)38)41-28-15-12-24-5-1-2-6-25(24)19-28/h1-20,22H,21H2. The molecule has 7 heteroatoms. The van der Waals surface area contributed by atoms with Gasteiger partial charge in [-0.1, -0.05) is 72.3 Å². The maximum atomic E-state index is 13.0. The zero-order chi connectivity index (χ0) is 28.9. The molecule has 1 aromatic heterocycles. The largest absolute Gasteiger partial charge is 0.489 e. The third kappa shape index (κ3) is 6.19. The van der Waals surface area contributed by atoms with Gasteiger partial charge in [0.15, 0.2) is 0 Å². The Kier molecular flexibility index (Phi) is 7.70. The summed E-state index contributed by atoms with van der Waals surface area (Å²) < 4.78 is 22.7. The summed E-state index contributed by atoms with van der Waals surface area (Å²) in [5.74, 6) is 0.930. The van der Waals surface area contributed by atoms with E-state index in [1.807, 2.05) is 84.9 Å². The number of fused-ring (bicyclic) bond motifs is 2. The van der Waals surface area contributed by atoms with Crippen molar-refractivity contribution < 1.29 is 23.4 Å². The van der Waals surface area contributed by atoms with Gasteiger partial charge in [-0.05, 0) is 64.9 Å². The molecule has 0 unspecified atom stereocenters. The molecule has 6 nitrogen and oxygen atoms in total. The fraction of sp³-hybridized carbons (Fsp3) is 0.0286. The molecule has 1 heterocycles. The average molecular weight is 575 g/mol. The second-order valence-electron chi connectivity index (χ2n) is 9.40. The van der Waals surface area contributed by atoms with Crippen molar-refractivity contribution in [1.29, 1.82) is 0 Å². The summed E-state index contributed by atoms with van der Waals surface area (Å²) in [4.78, 5) is 25.5. The minimum Gasteiger partial charge on any atom is -0.489 e. The van der Waals surface area contributed by atoms with Crippen LogP contribution in [0.15, 0.2) is 131 Å². The van der Waals surface area contributed by atoms with Crippen molar-refractivity contribution in [3.05, 3.63) is 148 Å². The molecule has 206 valence electrons. The predicted octanol–water partition coefficient (Wildman–Crippen LogP) is 8.59. The van der Waals surface area contributed by atoms with E-state index in [4.69, 9.17) is 30.2 Å². The maximum Gasteiger partial charge on any atom is 0.336 e. The van der Waals surface area contributed by atoms with Crippen molar-refractivity contribution in [2.45, 2.75) is 6.61 Å². The molecule has 6 aromatic rings. The van der Waals surface area contributed by atoms with E-state index in [9.17, 15) is 9.59 Å². The van der Waals surface area contributed by atoms with E-state index in [2.05, 4.69) is 0 Å². The van der Waals surface area contributed by atoms with Crippen LogP contribution in [0.3, 0.4) is 0 Å². The van der Waals surface area contributed by atoms with Gasteiger partial charge in [-0.3, -0.25) is 4.79 Å². The van der Waals surface area contributed by atoms with Gasteiger partial charge in [0.2, 0.25) is 11.2 Å². The molecule has 0 spiro atoms. The third-order valence-electron chi connectivity index (χ3n) is 6.53. The number of carbonyl (C=O) groups is 1. The van der Waals surface area contributed by atoms with E-state index in [0.717, 1.165) is 21.9 Å². The lowest BCUT2D eigenvalue weighted by Gasteiger charge is -2.08. The highest BCUT2D eigenvalue weighted by Gasteiger charge is 2.12. The number of carbonyl (C=O) groups excluding carboxylic acids is 1. The molecule has 0 aliphatic rings. The van der Waals surface area contributed by atoms with Crippen molar-refractivity contribution in [3.8, 4) is 23.0 Å². The van der Waals surface area contributed by atoms with Gasteiger partial charge < -0.3 is 18.6 Å². The number of benzene rings is 5. The van der Waals surface area contributed by atoms with Crippen molar-refractivity contribution in [2.75, 3.05) is 0 Å². The van der Waals surface area contributed by atoms with Crippen LogP contribution in [0.4, 0.5) is 0 Å².